The Labute approximate surface area is 143 Å². The first-order valence-corrected chi connectivity index (χ1v) is 8.21. The van der Waals surface area contributed by atoms with Gasteiger partial charge in [-0.3, -0.25) is 9.69 Å². The van der Waals surface area contributed by atoms with E-state index in [4.69, 9.17) is 4.74 Å². The molecule has 3 nitrogen and oxygen atoms in total. The summed E-state index contributed by atoms with van der Waals surface area (Å²) in [7, 11) is 0. The van der Waals surface area contributed by atoms with E-state index in [1.54, 1.807) is 0 Å². The van der Waals surface area contributed by atoms with Crippen molar-refractivity contribution in [3.8, 4) is 11.8 Å². The number of carbonyl (C=O) groups excluding carboxylic acids is 1. The van der Waals surface area contributed by atoms with Crippen molar-refractivity contribution >= 4 is 5.97 Å². The third-order valence-electron chi connectivity index (χ3n) is 4.20. The van der Waals surface area contributed by atoms with E-state index in [1.165, 1.54) is 23.6 Å². The molecule has 0 aliphatic carbocycles. The number of carbonyl (C=O) groups is 1. The second-order valence-corrected chi connectivity index (χ2v) is 5.91. The van der Waals surface area contributed by atoms with Crippen LogP contribution >= 0.6 is 0 Å². The Balaban J connectivity index is 1.83. The number of hydrogen-bond acceptors (Lipinski definition) is 3. The molecule has 3 heteroatoms. The lowest BCUT2D eigenvalue weighted by atomic mass is 9.92. The molecule has 0 bridgehead atoms. The van der Waals surface area contributed by atoms with Gasteiger partial charge >= 0.3 is 5.97 Å². The summed E-state index contributed by atoms with van der Waals surface area (Å²) in [6.45, 7) is 3.38. The van der Waals surface area contributed by atoms with Gasteiger partial charge in [-0.05, 0) is 23.1 Å². The molecule has 0 saturated carbocycles. The van der Waals surface area contributed by atoms with Gasteiger partial charge in [-0.25, -0.2) is 0 Å². The lowest BCUT2D eigenvalue weighted by Gasteiger charge is -2.34. The molecule has 1 aliphatic rings. The molecule has 0 radical (unpaired) electrons. The van der Waals surface area contributed by atoms with Gasteiger partial charge in [0.2, 0.25) is 0 Å². The number of rotatable bonds is 3. The van der Waals surface area contributed by atoms with Gasteiger partial charge in [0, 0.05) is 20.0 Å². The Hall–Kier alpha value is -2.57. The monoisotopic (exact) mass is 319 g/mol. The van der Waals surface area contributed by atoms with Crippen LogP contribution in [0.4, 0.5) is 0 Å². The van der Waals surface area contributed by atoms with Crippen LogP contribution in [0.25, 0.3) is 0 Å². The summed E-state index contributed by atoms with van der Waals surface area (Å²) in [6, 6.07) is 18.9. The largest absolute Gasteiger partial charge is 0.453 e. The van der Waals surface area contributed by atoms with Gasteiger partial charge in [0.15, 0.2) is 6.61 Å². The van der Waals surface area contributed by atoms with Crippen LogP contribution in [0.5, 0.6) is 0 Å². The first-order chi connectivity index (χ1) is 11.7. The van der Waals surface area contributed by atoms with Crippen LogP contribution < -0.4 is 0 Å². The highest BCUT2D eigenvalue weighted by Crippen LogP contribution is 2.30. The van der Waals surface area contributed by atoms with Gasteiger partial charge in [0.25, 0.3) is 0 Å². The zero-order valence-electron chi connectivity index (χ0n) is 13.9. The van der Waals surface area contributed by atoms with Crippen molar-refractivity contribution in [3.05, 3.63) is 71.3 Å². The zero-order valence-corrected chi connectivity index (χ0v) is 13.9. The Bertz CT molecular complexity index is 758. The smallest absolute Gasteiger partial charge is 0.303 e. The molecule has 0 unspecified atom stereocenters. The standard InChI is InChI=1S/C21H21NO2/c1-17(23)24-15-7-12-21-20-11-6-5-10-19(20)13-14-22(21)16-18-8-3-2-4-9-18/h2-6,8-11,21H,13-16H2,1H3/t21-/m1/s1. The quantitative estimate of drug-likeness (QED) is 0.642. The Morgan fingerprint density at radius 1 is 1.17 bits per heavy atom. The highest BCUT2D eigenvalue weighted by molar-refractivity contribution is 5.66. The number of fused-ring (bicyclic) bond motifs is 1. The van der Waals surface area contributed by atoms with Crippen molar-refractivity contribution in [2.45, 2.75) is 25.9 Å². The summed E-state index contributed by atoms with van der Waals surface area (Å²) in [5, 5.41) is 0. The average Bonchev–Trinajstić information content (AvgIpc) is 2.60. The molecule has 0 aromatic heterocycles. The molecular formula is C21H21NO2. The van der Waals surface area contributed by atoms with E-state index >= 15 is 0 Å². The van der Waals surface area contributed by atoms with E-state index in [9.17, 15) is 4.79 Å². The maximum Gasteiger partial charge on any atom is 0.303 e. The van der Waals surface area contributed by atoms with E-state index in [-0.39, 0.29) is 18.6 Å². The van der Waals surface area contributed by atoms with Crippen LogP contribution in [0.2, 0.25) is 0 Å². The van der Waals surface area contributed by atoms with Crippen LogP contribution in [0.1, 0.15) is 29.7 Å². The lowest BCUT2D eigenvalue weighted by molar-refractivity contribution is -0.139. The van der Waals surface area contributed by atoms with E-state index in [2.05, 4.69) is 65.3 Å². The minimum absolute atomic E-state index is 0.0331. The Morgan fingerprint density at radius 3 is 2.71 bits per heavy atom. The maximum absolute atomic E-state index is 10.9. The number of benzene rings is 2. The fraction of sp³-hybridized carbons (Fsp3) is 0.286. The summed E-state index contributed by atoms with van der Waals surface area (Å²) in [5.41, 5.74) is 3.90. The van der Waals surface area contributed by atoms with E-state index in [0.717, 1.165) is 19.5 Å². The summed E-state index contributed by atoms with van der Waals surface area (Å²) in [4.78, 5) is 13.3. The summed E-state index contributed by atoms with van der Waals surface area (Å²) < 4.78 is 4.94. The van der Waals surface area contributed by atoms with Gasteiger partial charge in [0.05, 0.1) is 6.04 Å². The molecule has 2 aromatic carbocycles. The van der Waals surface area contributed by atoms with Crippen LogP contribution in [-0.2, 0) is 22.5 Å². The van der Waals surface area contributed by atoms with Gasteiger partial charge in [-0.15, -0.1) is 0 Å². The molecule has 122 valence electrons. The highest BCUT2D eigenvalue weighted by Gasteiger charge is 2.25. The molecule has 1 atom stereocenters. The van der Waals surface area contributed by atoms with Crippen molar-refractivity contribution in [1.29, 1.82) is 0 Å². The van der Waals surface area contributed by atoms with Crippen molar-refractivity contribution in [2.75, 3.05) is 13.2 Å². The molecule has 2 aromatic rings. The number of hydrogen-bond donors (Lipinski definition) is 0. The van der Waals surface area contributed by atoms with Gasteiger partial charge in [0.1, 0.15) is 0 Å². The van der Waals surface area contributed by atoms with Crippen molar-refractivity contribution < 1.29 is 9.53 Å². The fourth-order valence-corrected chi connectivity index (χ4v) is 3.05. The van der Waals surface area contributed by atoms with E-state index < -0.39 is 0 Å². The molecule has 0 spiro atoms. The normalized spacial score (nSPS) is 16.6. The van der Waals surface area contributed by atoms with Gasteiger partial charge in [-0.1, -0.05) is 66.4 Å². The predicted octanol–water partition coefficient (Wildman–Crippen LogP) is 3.35. The van der Waals surface area contributed by atoms with Gasteiger partial charge in [-0.2, -0.15) is 0 Å². The summed E-state index contributed by atoms with van der Waals surface area (Å²) in [6.07, 6.45) is 1.03. The molecule has 3 rings (SSSR count). The van der Waals surface area contributed by atoms with E-state index in [0.29, 0.717) is 0 Å². The van der Waals surface area contributed by atoms with Gasteiger partial charge < -0.3 is 4.74 Å². The minimum atomic E-state index is -0.297. The first kappa shape index (κ1) is 16.3. The SMILES string of the molecule is CC(=O)OCC#C[C@@H]1c2ccccc2CCN1Cc1ccccc1. The topological polar surface area (TPSA) is 29.5 Å². The lowest BCUT2D eigenvalue weighted by Crippen LogP contribution is -2.34. The molecule has 1 aliphatic heterocycles. The molecular weight excluding hydrogens is 298 g/mol. The zero-order chi connectivity index (χ0) is 16.8. The Kier molecular flexibility index (Phi) is 5.30. The molecule has 1 heterocycles. The van der Waals surface area contributed by atoms with Crippen LogP contribution in [0, 0.1) is 11.8 Å². The third kappa shape index (κ3) is 4.04. The average molecular weight is 319 g/mol. The number of ether oxygens (including phenoxy) is 1. The van der Waals surface area contributed by atoms with E-state index in [1.807, 2.05) is 6.07 Å². The summed E-state index contributed by atoms with van der Waals surface area (Å²) >= 11 is 0. The first-order valence-electron chi connectivity index (χ1n) is 8.21. The molecule has 0 fully saturated rings. The van der Waals surface area contributed by atoms with Crippen molar-refractivity contribution in [2.24, 2.45) is 0 Å². The molecule has 24 heavy (non-hydrogen) atoms. The maximum atomic E-state index is 10.9. The number of nitrogens with zero attached hydrogens (tertiary/aromatic N) is 1. The molecule has 0 amide bonds. The predicted molar refractivity (Wildman–Crippen MR) is 94.1 cm³/mol. The highest BCUT2D eigenvalue weighted by atomic mass is 16.5. The van der Waals surface area contributed by atoms with Crippen LogP contribution in [0.3, 0.4) is 0 Å². The number of esters is 1. The molecule has 0 saturated heterocycles. The molecule has 0 N–H and O–H groups in total. The van der Waals surface area contributed by atoms with Crippen LogP contribution in [0.15, 0.2) is 54.6 Å². The Morgan fingerprint density at radius 2 is 1.92 bits per heavy atom. The van der Waals surface area contributed by atoms with Crippen LogP contribution in [-0.4, -0.2) is 24.0 Å². The fourth-order valence-electron chi connectivity index (χ4n) is 3.05. The van der Waals surface area contributed by atoms with Crippen molar-refractivity contribution in [3.63, 3.8) is 0 Å². The van der Waals surface area contributed by atoms with Crippen molar-refractivity contribution in [1.82, 2.24) is 4.90 Å². The minimum Gasteiger partial charge on any atom is -0.453 e. The second kappa shape index (κ2) is 7.81. The third-order valence-corrected chi connectivity index (χ3v) is 4.20. The second-order valence-electron chi connectivity index (χ2n) is 5.91. The summed E-state index contributed by atoms with van der Waals surface area (Å²) in [5.74, 6) is 6.01.